The normalized spacial score (nSPS) is 16.7. The molecular weight excluding hydrogens is 304 g/mol. The number of aryl methyl sites for hydroxylation is 1. The molecule has 1 heterocycles. The van der Waals surface area contributed by atoms with Gasteiger partial charge in [-0.25, -0.2) is 0 Å². The average Bonchev–Trinajstić information content (AvgIpc) is 2.42. The van der Waals surface area contributed by atoms with Crippen LogP contribution in [-0.4, -0.2) is 37.5 Å². The van der Waals surface area contributed by atoms with Gasteiger partial charge in [0.1, 0.15) is 0 Å². The first kappa shape index (κ1) is 14.5. The second-order valence-corrected chi connectivity index (χ2v) is 6.11. The standard InChI is InChI=1S/C15H21BrN2O/c1-11-9-13(3-4-14(11)16)15(19)18-7-5-12(6-8-18)10-17-2/h3-4,9,12,17H,5-8,10H2,1-2H3. The number of nitrogens with zero attached hydrogens (tertiary/aromatic N) is 1. The van der Waals surface area contributed by atoms with Gasteiger partial charge in [-0.1, -0.05) is 15.9 Å². The fourth-order valence-electron chi connectivity index (χ4n) is 2.59. The van der Waals surface area contributed by atoms with Crippen LogP contribution in [0.25, 0.3) is 0 Å². The zero-order chi connectivity index (χ0) is 13.8. The first-order valence-corrected chi connectivity index (χ1v) is 7.61. The van der Waals surface area contributed by atoms with Gasteiger partial charge in [0.15, 0.2) is 0 Å². The Hall–Kier alpha value is -0.870. The van der Waals surface area contributed by atoms with Crippen LogP contribution in [0.1, 0.15) is 28.8 Å². The highest BCUT2D eigenvalue weighted by atomic mass is 79.9. The molecule has 19 heavy (non-hydrogen) atoms. The number of halogens is 1. The molecular formula is C15H21BrN2O. The SMILES string of the molecule is CNCC1CCN(C(=O)c2ccc(Br)c(C)c2)CC1. The highest BCUT2D eigenvalue weighted by Crippen LogP contribution is 2.21. The van der Waals surface area contributed by atoms with Crippen LogP contribution in [0.2, 0.25) is 0 Å². The third-order valence-electron chi connectivity index (χ3n) is 3.80. The number of amides is 1. The lowest BCUT2D eigenvalue weighted by Gasteiger charge is -2.32. The van der Waals surface area contributed by atoms with Crippen LogP contribution in [0.15, 0.2) is 22.7 Å². The first-order chi connectivity index (χ1) is 9.11. The van der Waals surface area contributed by atoms with E-state index in [1.165, 1.54) is 0 Å². The zero-order valence-electron chi connectivity index (χ0n) is 11.6. The molecule has 1 aromatic carbocycles. The largest absolute Gasteiger partial charge is 0.339 e. The predicted octanol–water partition coefficient (Wildman–Crippen LogP) is 2.83. The molecule has 1 saturated heterocycles. The summed E-state index contributed by atoms with van der Waals surface area (Å²) in [6.07, 6.45) is 2.20. The molecule has 1 aliphatic heterocycles. The number of piperidine rings is 1. The highest BCUT2D eigenvalue weighted by Gasteiger charge is 2.23. The minimum atomic E-state index is 0.165. The Balaban J connectivity index is 1.99. The molecule has 0 bridgehead atoms. The molecule has 0 atom stereocenters. The maximum Gasteiger partial charge on any atom is 0.253 e. The molecule has 4 heteroatoms. The van der Waals surface area contributed by atoms with Gasteiger partial charge in [0, 0.05) is 23.1 Å². The summed E-state index contributed by atoms with van der Waals surface area (Å²) in [5, 5.41) is 3.22. The predicted molar refractivity (Wildman–Crippen MR) is 81.4 cm³/mol. The topological polar surface area (TPSA) is 32.3 Å². The molecule has 1 aliphatic rings. The minimum absolute atomic E-state index is 0.165. The number of hydrogen-bond donors (Lipinski definition) is 1. The summed E-state index contributed by atoms with van der Waals surface area (Å²) in [5.41, 5.74) is 1.91. The molecule has 1 amide bonds. The first-order valence-electron chi connectivity index (χ1n) is 6.82. The molecule has 1 N–H and O–H groups in total. The molecule has 0 aromatic heterocycles. The van der Waals surface area contributed by atoms with Crippen LogP contribution in [0.3, 0.4) is 0 Å². The van der Waals surface area contributed by atoms with Gasteiger partial charge in [0.05, 0.1) is 0 Å². The van der Waals surface area contributed by atoms with Gasteiger partial charge in [0.2, 0.25) is 0 Å². The summed E-state index contributed by atoms with van der Waals surface area (Å²) in [5.74, 6) is 0.874. The van der Waals surface area contributed by atoms with E-state index >= 15 is 0 Å². The molecule has 3 nitrogen and oxygen atoms in total. The van der Waals surface area contributed by atoms with E-state index < -0.39 is 0 Å². The minimum Gasteiger partial charge on any atom is -0.339 e. The summed E-state index contributed by atoms with van der Waals surface area (Å²) in [6, 6.07) is 5.82. The second kappa shape index (κ2) is 6.53. The van der Waals surface area contributed by atoms with E-state index in [1.54, 1.807) is 0 Å². The Labute approximate surface area is 123 Å². The van der Waals surface area contributed by atoms with Gasteiger partial charge < -0.3 is 10.2 Å². The van der Waals surface area contributed by atoms with Gasteiger partial charge >= 0.3 is 0 Å². The van der Waals surface area contributed by atoms with E-state index in [0.29, 0.717) is 5.92 Å². The monoisotopic (exact) mass is 324 g/mol. The van der Waals surface area contributed by atoms with Crippen LogP contribution in [0.4, 0.5) is 0 Å². The molecule has 104 valence electrons. The highest BCUT2D eigenvalue weighted by molar-refractivity contribution is 9.10. The lowest BCUT2D eigenvalue weighted by molar-refractivity contribution is 0.0691. The summed E-state index contributed by atoms with van der Waals surface area (Å²) in [7, 11) is 1.99. The van der Waals surface area contributed by atoms with Gasteiger partial charge in [0.25, 0.3) is 5.91 Å². The van der Waals surface area contributed by atoms with Crippen molar-refractivity contribution in [2.24, 2.45) is 5.92 Å². The summed E-state index contributed by atoms with van der Waals surface area (Å²) >= 11 is 3.47. The van der Waals surface area contributed by atoms with E-state index in [2.05, 4.69) is 21.2 Å². The van der Waals surface area contributed by atoms with Crippen LogP contribution >= 0.6 is 15.9 Å². The quantitative estimate of drug-likeness (QED) is 0.927. The van der Waals surface area contributed by atoms with E-state index in [0.717, 1.165) is 48.1 Å². The van der Waals surface area contributed by atoms with Gasteiger partial charge in [-0.3, -0.25) is 4.79 Å². The van der Waals surface area contributed by atoms with Crippen molar-refractivity contribution < 1.29 is 4.79 Å². The number of nitrogens with one attached hydrogen (secondary N) is 1. The van der Waals surface area contributed by atoms with Crippen molar-refractivity contribution in [3.63, 3.8) is 0 Å². The molecule has 2 rings (SSSR count). The molecule has 1 aromatic rings. The molecule has 0 unspecified atom stereocenters. The van der Waals surface area contributed by atoms with Crippen molar-refractivity contribution in [1.82, 2.24) is 10.2 Å². The molecule has 0 spiro atoms. The third-order valence-corrected chi connectivity index (χ3v) is 4.69. The number of rotatable bonds is 3. The number of benzene rings is 1. The number of carbonyl (C=O) groups is 1. The van der Waals surface area contributed by atoms with Gasteiger partial charge in [-0.05, 0) is 63.0 Å². The average molecular weight is 325 g/mol. The van der Waals surface area contributed by atoms with Crippen molar-refractivity contribution in [1.29, 1.82) is 0 Å². The smallest absolute Gasteiger partial charge is 0.253 e. The maximum atomic E-state index is 12.4. The van der Waals surface area contributed by atoms with Crippen LogP contribution in [0, 0.1) is 12.8 Å². The van der Waals surface area contributed by atoms with Gasteiger partial charge in [-0.15, -0.1) is 0 Å². The Bertz CT molecular complexity index is 453. The summed E-state index contributed by atoms with van der Waals surface area (Å²) < 4.78 is 1.05. The van der Waals surface area contributed by atoms with Crippen LogP contribution in [-0.2, 0) is 0 Å². The molecule has 1 fully saturated rings. The number of carbonyl (C=O) groups excluding carboxylic acids is 1. The van der Waals surface area contributed by atoms with Crippen molar-refractivity contribution in [3.8, 4) is 0 Å². The Morgan fingerprint density at radius 3 is 2.68 bits per heavy atom. The van der Waals surface area contributed by atoms with Crippen molar-refractivity contribution >= 4 is 21.8 Å². The van der Waals surface area contributed by atoms with Crippen LogP contribution in [0.5, 0.6) is 0 Å². The Morgan fingerprint density at radius 2 is 2.11 bits per heavy atom. The summed E-state index contributed by atoms with van der Waals surface area (Å²) in [4.78, 5) is 14.4. The molecule has 0 aliphatic carbocycles. The van der Waals surface area contributed by atoms with Crippen molar-refractivity contribution in [3.05, 3.63) is 33.8 Å². The van der Waals surface area contributed by atoms with Crippen molar-refractivity contribution in [2.75, 3.05) is 26.7 Å². The zero-order valence-corrected chi connectivity index (χ0v) is 13.2. The Kier molecular flexibility index (Phi) is 4.99. The van der Waals surface area contributed by atoms with Crippen molar-refractivity contribution in [2.45, 2.75) is 19.8 Å². The van der Waals surface area contributed by atoms with Crippen LogP contribution < -0.4 is 5.32 Å². The van der Waals surface area contributed by atoms with E-state index in [-0.39, 0.29) is 5.91 Å². The molecule has 0 radical (unpaired) electrons. The van der Waals surface area contributed by atoms with E-state index in [4.69, 9.17) is 0 Å². The van der Waals surface area contributed by atoms with Gasteiger partial charge in [-0.2, -0.15) is 0 Å². The van der Waals surface area contributed by atoms with E-state index in [1.807, 2.05) is 37.1 Å². The number of hydrogen-bond acceptors (Lipinski definition) is 2. The lowest BCUT2D eigenvalue weighted by Crippen LogP contribution is -2.40. The Morgan fingerprint density at radius 1 is 1.42 bits per heavy atom. The van der Waals surface area contributed by atoms with E-state index in [9.17, 15) is 4.79 Å². The maximum absolute atomic E-state index is 12.4. The lowest BCUT2D eigenvalue weighted by atomic mass is 9.96. The fraction of sp³-hybridized carbons (Fsp3) is 0.533. The molecule has 0 saturated carbocycles. The fourth-order valence-corrected chi connectivity index (χ4v) is 2.84. The number of likely N-dealkylation sites (tertiary alicyclic amines) is 1. The third kappa shape index (κ3) is 3.57. The second-order valence-electron chi connectivity index (χ2n) is 5.26. The summed E-state index contributed by atoms with van der Waals surface area (Å²) in [6.45, 7) is 4.82.